The molecule has 0 aliphatic carbocycles. The molecule has 5 rings (SSSR count). The van der Waals surface area contributed by atoms with E-state index < -0.39 is 6.04 Å². The quantitative estimate of drug-likeness (QED) is 0.200. The Kier molecular flexibility index (Phi) is 8.03. The van der Waals surface area contributed by atoms with Crippen molar-refractivity contribution in [3.05, 3.63) is 97.9 Å². The first kappa shape index (κ1) is 27.6. The number of aryl methyl sites for hydroxylation is 1. The highest BCUT2D eigenvalue weighted by molar-refractivity contribution is 6.32. The molecule has 1 atom stereocenters. The van der Waals surface area contributed by atoms with E-state index in [0.29, 0.717) is 52.6 Å². The number of halogens is 1. The minimum atomic E-state index is -0.667. The van der Waals surface area contributed by atoms with E-state index in [1.165, 1.54) is 0 Å². The summed E-state index contributed by atoms with van der Waals surface area (Å²) in [6.45, 7) is 4.87. The number of ether oxygens (including phenoxy) is 3. The molecule has 208 valence electrons. The van der Waals surface area contributed by atoms with Gasteiger partial charge >= 0.3 is 0 Å². The summed E-state index contributed by atoms with van der Waals surface area (Å²) in [7, 11) is 3.20. The molecule has 0 bridgehead atoms. The maximum absolute atomic E-state index is 13.9. The monoisotopic (exact) mass is 561 g/mol. The molecule has 4 aromatic rings. The smallest absolute Gasteiger partial charge is 0.290 e. The average Bonchev–Trinajstić information content (AvgIpc) is 3.24. The second kappa shape index (κ2) is 11.6. The number of rotatable bonds is 10. The normalized spacial score (nSPS) is 14.5. The van der Waals surface area contributed by atoms with Gasteiger partial charge in [-0.2, -0.15) is 0 Å². The number of carbonyl (C=O) groups is 1. The van der Waals surface area contributed by atoms with E-state index in [-0.39, 0.29) is 17.1 Å². The standard InChI is InChI=1S/C32H32ClNO6/c1-5-6-15-39-25-12-9-21(17-27(25)38-4)29-28-30(35)23-18-24(33)19(2)16-26(23)40-31(28)32(36)34(29)14-13-20-7-10-22(37-3)11-8-20/h7-12,16-18,29H,5-6,13-15H2,1-4H3. The van der Waals surface area contributed by atoms with Crippen molar-refractivity contribution in [2.75, 3.05) is 27.4 Å². The van der Waals surface area contributed by atoms with Gasteiger partial charge < -0.3 is 23.5 Å². The molecule has 1 unspecified atom stereocenters. The number of benzene rings is 3. The first-order chi connectivity index (χ1) is 19.4. The zero-order valence-electron chi connectivity index (χ0n) is 23.1. The predicted molar refractivity (Wildman–Crippen MR) is 155 cm³/mol. The van der Waals surface area contributed by atoms with Crippen LogP contribution in [-0.4, -0.2) is 38.2 Å². The Balaban J connectivity index is 1.60. The largest absolute Gasteiger partial charge is 0.497 e. The SMILES string of the molecule is CCCCOc1ccc(C2c3c(oc4cc(C)c(Cl)cc4c3=O)C(=O)N2CCc2ccc(OC)cc2)cc1OC. The lowest BCUT2D eigenvalue weighted by molar-refractivity contribution is 0.0730. The summed E-state index contributed by atoms with van der Waals surface area (Å²) in [6, 6.07) is 15.9. The van der Waals surface area contributed by atoms with Crippen molar-refractivity contribution in [2.24, 2.45) is 0 Å². The summed E-state index contributed by atoms with van der Waals surface area (Å²) in [5.41, 5.74) is 2.89. The van der Waals surface area contributed by atoms with Crippen LogP contribution in [0.5, 0.6) is 17.2 Å². The first-order valence-corrected chi connectivity index (χ1v) is 13.8. The molecule has 0 N–H and O–H groups in total. The Labute approximate surface area is 238 Å². The van der Waals surface area contributed by atoms with Crippen molar-refractivity contribution in [3.63, 3.8) is 0 Å². The van der Waals surface area contributed by atoms with Gasteiger partial charge in [0.05, 0.1) is 37.8 Å². The van der Waals surface area contributed by atoms with Crippen molar-refractivity contribution >= 4 is 28.5 Å². The van der Waals surface area contributed by atoms with Crippen LogP contribution in [0.1, 0.15) is 58.6 Å². The van der Waals surface area contributed by atoms with E-state index in [2.05, 4.69) is 6.92 Å². The molecule has 1 amide bonds. The average molecular weight is 562 g/mol. The van der Waals surface area contributed by atoms with Crippen LogP contribution in [0.4, 0.5) is 0 Å². The summed E-state index contributed by atoms with van der Waals surface area (Å²) >= 11 is 6.37. The van der Waals surface area contributed by atoms with Gasteiger partial charge in [-0.05, 0) is 72.9 Å². The van der Waals surface area contributed by atoms with E-state index in [0.717, 1.165) is 35.3 Å². The number of fused-ring (bicyclic) bond motifs is 2. The maximum atomic E-state index is 13.9. The van der Waals surface area contributed by atoms with Crippen LogP contribution in [0, 0.1) is 6.92 Å². The molecule has 0 spiro atoms. The summed E-state index contributed by atoms with van der Waals surface area (Å²) in [4.78, 5) is 29.5. The Morgan fingerprint density at radius 2 is 1.75 bits per heavy atom. The lowest BCUT2D eigenvalue weighted by Crippen LogP contribution is -2.31. The van der Waals surface area contributed by atoms with Gasteiger partial charge in [0.25, 0.3) is 5.91 Å². The zero-order chi connectivity index (χ0) is 28.4. The highest BCUT2D eigenvalue weighted by atomic mass is 35.5. The Bertz CT molecular complexity index is 1610. The van der Waals surface area contributed by atoms with Gasteiger partial charge in [0, 0.05) is 11.6 Å². The van der Waals surface area contributed by atoms with Crippen LogP contribution >= 0.6 is 11.6 Å². The third kappa shape index (κ3) is 5.13. The molecule has 8 heteroatoms. The van der Waals surface area contributed by atoms with Gasteiger partial charge in [-0.1, -0.05) is 43.1 Å². The van der Waals surface area contributed by atoms with Gasteiger partial charge in [-0.15, -0.1) is 0 Å². The van der Waals surface area contributed by atoms with Crippen LogP contribution in [0.3, 0.4) is 0 Å². The molecule has 3 aromatic carbocycles. The Hall–Kier alpha value is -3.97. The molecule has 2 heterocycles. The lowest BCUT2D eigenvalue weighted by atomic mass is 9.97. The zero-order valence-corrected chi connectivity index (χ0v) is 23.8. The molecule has 0 saturated carbocycles. The maximum Gasteiger partial charge on any atom is 0.290 e. The third-order valence-corrected chi connectivity index (χ3v) is 7.71. The second-order valence-electron chi connectivity index (χ2n) is 9.88. The van der Waals surface area contributed by atoms with E-state index in [4.69, 9.17) is 30.2 Å². The summed E-state index contributed by atoms with van der Waals surface area (Å²) in [5.74, 6) is 1.63. The molecular formula is C32H32ClNO6. The fourth-order valence-electron chi connectivity index (χ4n) is 5.06. The number of nitrogens with zero attached hydrogens (tertiary/aromatic N) is 1. The van der Waals surface area contributed by atoms with E-state index >= 15 is 0 Å². The molecule has 0 fully saturated rings. The number of carbonyl (C=O) groups excluding carboxylic acids is 1. The summed E-state index contributed by atoms with van der Waals surface area (Å²) in [5, 5.41) is 0.808. The molecule has 40 heavy (non-hydrogen) atoms. The molecule has 1 aliphatic heterocycles. The topological polar surface area (TPSA) is 78.2 Å². The number of methoxy groups -OCH3 is 2. The van der Waals surface area contributed by atoms with Crippen molar-refractivity contribution in [1.29, 1.82) is 0 Å². The number of hydrogen-bond donors (Lipinski definition) is 0. The lowest BCUT2D eigenvalue weighted by Gasteiger charge is -2.26. The van der Waals surface area contributed by atoms with Crippen LogP contribution in [0.2, 0.25) is 5.02 Å². The van der Waals surface area contributed by atoms with Gasteiger partial charge in [0.2, 0.25) is 5.76 Å². The minimum Gasteiger partial charge on any atom is -0.497 e. The van der Waals surface area contributed by atoms with Crippen molar-refractivity contribution in [3.8, 4) is 17.2 Å². The Morgan fingerprint density at radius 1 is 0.975 bits per heavy atom. The molecular weight excluding hydrogens is 530 g/mol. The molecule has 7 nitrogen and oxygen atoms in total. The van der Waals surface area contributed by atoms with Gasteiger partial charge in [-0.25, -0.2) is 0 Å². The summed E-state index contributed by atoms with van der Waals surface area (Å²) in [6.07, 6.45) is 2.51. The Morgan fingerprint density at radius 3 is 2.45 bits per heavy atom. The molecule has 1 aromatic heterocycles. The fraction of sp³-hybridized carbons (Fsp3) is 0.312. The van der Waals surface area contributed by atoms with Crippen LogP contribution in [0.25, 0.3) is 11.0 Å². The van der Waals surface area contributed by atoms with Gasteiger partial charge in [-0.3, -0.25) is 9.59 Å². The van der Waals surface area contributed by atoms with Crippen LogP contribution < -0.4 is 19.6 Å². The van der Waals surface area contributed by atoms with Crippen LogP contribution in [-0.2, 0) is 6.42 Å². The van der Waals surface area contributed by atoms with Gasteiger partial charge in [0.1, 0.15) is 11.3 Å². The third-order valence-electron chi connectivity index (χ3n) is 7.31. The minimum absolute atomic E-state index is 0.0567. The van der Waals surface area contributed by atoms with Crippen molar-refractivity contribution in [1.82, 2.24) is 4.90 Å². The van der Waals surface area contributed by atoms with E-state index in [1.807, 2.05) is 49.4 Å². The van der Waals surface area contributed by atoms with Crippen molar-refractivity contribution < 1.29 is 23.4 Å². The van der Waals surface area contributed by atoms with E-state index in [1.54, 1.807) is 31.3 Å². The molecule has 0 radical (unpaired) electrons. The number of unbranched alkanes of at least 4 members (excludes halogenated alkanes) is 1. The molecule has 1 aliphatic rings. The number of amides is 1. The predicted octanol–water partition coefficient (Wildman–Crippen LogP) is 6.74. The highest BCUT2D eigenvalue weighted by Crippen LogP contribution is 2.41. The second-order valence-corrected chi connectivity index (χ2v) is 10.3. The van der Waals surface area contributed by atoms with Gasteiger partial charge in [0.15, 0.2) is 16.9 Å². The van der Waals surface area contributed by atoms with Crippen molar-refractivity contribution in [2.45, 2.75) is 39.2 Å². The first-order valence-electron chi connectivity index (χ1n) is 13.4. The van der Waals surface area contributed by atoms with E-state index in [9.17, 15) is 9.59 Å². The van der Waals surface area contributed by atoms with Crippen LogP contribution in [0.15, 0.2) is 63.8 Å². The molecule has 0 saturated heterocycles. The summed E-state index contributed by atoms with van der Waals surface area (Å²) < 4.78 is 23.0. The number of hydrogen-bond acceptors (Lipinski definition) is 6. The highest BCUT2D eigenvalue weighted by Gasteiger charge is 2.42. The fourth-order valence-corrected chi connectivity index (χ4v) is 5.22.